The van der Waals surface area contributed by atoms with Gasteiger partial charge >= 0.3 is 5.97 Å². The van der Waals surface area contributed by atoms with Crippen LogP contribution in [0, 0.1) is 6.92 Å². The van der Waals surface area contributed by atoms with Gasteiger partial charge < -0.3 is 32.9 Å². The molecule has 0 bridgehead atoms. The number of hydrogen-bond acceptors (Lipinski definition) is 7. The van der Waals surface area contributed by atoms with Crippen LogP contribution in [0.5, 0.6) is 28.7 Å². The van der Waals surface area contributed by atoms with Gasteiger partial charge in [-0.1, -0.05) is 0 Å². The minimum Gasteiger partial charge on any atom is -0.493 e. The molecule has 0 aliphatic carbocycles. The second-order valence-electron chi connectivity index (χ2n) is 9.06. The molecule has 2 unspecified atom stereocenters. The smallest absolute Gasteiger partial charge is 0.302 e. The van der Waals surface area contributed by atoms with Crippen LogP contribution >= 0.6 is 0 Å². The van der Waals surface area contributed by atoms with E-state index in [0.717, 1.165) is 53.9 Å². The lowest BCUT2D eigenvalue weighted by atomic mass is 9.84. The Morgan fingerprint density at radius 1 is 0.914 bits per heavy atom. The summed E-state index contributed by atoms with van der Waals surface area (Å²) in [7, 11) is 10.5. The Balaban J connectivity index is 2.24. The molecule has 0 N–H and O–H groups in total. The number of carbonyl (C=O) groups excluding carboxylic acids is 1. The summed E-state index contributed by atoms with van der Waals surface area (Å²) >= 11 is 0. The van der Waals surface area contributed by atoms with Crippen molar-refractivity contribution in [1.82, 2.24) is 0 Å². The average molecular weight is 489 g/mol. The number of methoxy groups -OCH3 is 5. The summed E-state index contributed by atoms with van der Waals surface area (Å²) in [6.45, 7) is 5.54. The summed E-state index contributed by atoms with van der Waals surface area (Å²) in [5, 5.41) is 0. The van der Waals surface area contributed by atoms with E-state index in [0.29, 0.717) is 34.1 Å². The fourth-order valence-corrected chi connectivity index (χ4v) is 5.30. The summed E-state index contributed by atoms with van der Waals surface area (Å²) in [5.74, 6) is 3.03. The van der Waals surface area contributed by atoms with Gasteiger partial charge in [0.05, 0.1) is 67.9 Å². The van der Waals surface area contributed by atoms with Crippen molar-refractivity contribution in [2.24, 2.45) is 0 Å². The molecule has 1 aliphatic rings. The van der Waals surface area contributed by atoms with Crippen LogP contribution < -0.4 is 23.7 Å². The number of esters is 1. The highest BCUT2D eigenvalue weighted by atomic mass is 16.5. The Morgan fingerprint density at radius 2 is 1.54 bits per heavy atom. The molecule has 192 valence electrons. The van der Waals surface area contributed by atoms with Crippen molar-refractivity contribution in [2.45, 2.75) is 32.7 Å². The fourth-order valence-electron chi connectivity index (χ4n) is 5.30. The molecular weight excluding hydrogens is 450 g/mol. The molecule has 0 spiro atoms. The summed E-state index contributed by atoms with van der Waals surface area (Å²) in [5.41, 5.74) is 4.30. The Bertz CT molecular complexity index is 1070. The van der Waals surface area contributed by atoms with Gasteiger partial charge in [-0.25, -0.2) is 0 Å². The molecule has 3 rings (SSSR count). The summed E-state index contributed by atoms with van der Waals surface area (Å²) < 4.78 is 34.6. The lowest BCUT2D eigenvalue weighted by Crippen LogP contribution is -2.52. The highest BCUT2D eigenvalue weighted by Crippen LogP contribution is 2.52. The minimum atomic E-state index is -0.262. The maximum atomic E-state index is 11.3. The number of quaternary nitrogens is 1. The van der Waals surface area contributed by atoms with Crippen LogP contribution in [0.25, 0.3) is 0 Å². The average Bonchev–Trinajstić information content (AvgIpc) is 2.84. The third kappa shape index (κ3) is 5.12. The third-order valence-electron chi connectivity index (χ3n) is 6.86. The first kappa shape index (κ1) is 26.5. The van der Waals surface area contributed by atoms with E-state index in [1.165, 1.54) is 6.92 Å². The van der Waals surface area contributed by atoms with Crippen molar-refractivity contribution in [3.63, 3.8) is 0 Å². The first-order valence-corrected chi connectivity index (χ1v) is 11.8. The van der Waals surface area contributed by atoms with Gasteiger partial charge in [0, 0.05) is 25.3 Å². The summed E-state index contributed by atoms with van der Waals surface area (Å²) in [6, 6.07) is 6.17. The maximum Gasteiger partial charge on any atom is 0.302 e. The Morgan fingerprint density at radius 3 is 2.11 bits per heavy atom. The Labute approximate surface area is 208 Å². The highest BCUT2D eigenvalue weighted by Gasteiger charge is 2.44. The lowest BCUT2D eigenvalue weighted by Gasteiger charge is -2.46. The van der Waals surface area contributed by atoms with Crippen molar-refractivity contribution >= 4 is 5.97 Å². The molecule has 1 aliphatic heterocycles. The molecule has 2 aromatic rings. The molecule has 0 amide bonds. The molecule has 2 aromatic carbocycles. The predicted molar refractivity (Wildman–Crippen MR) is 133 cm³/mol. The van der Waals surface area contributed by atoms with Gasteiger partial charge in [0.25, 0.3) is 0 Å². The van der Waals surface area contributed by atoms with Gasteiger partial charge in [-0.05, 0) is 36.2 Å². The second kappa shape index (κ2) is 11.1. The first-order chi connectivity index (χ1) is 16.7. The van der Waals surface area contributed by atoms with Crippen LogP contribution in [-0.2, 0) is 16.0 Å². The topological polar surface area (TPSA) is 72.5 Å². The first-order valence-electron chi connectivity index (χ1n) is 11.8. The van der Waals surface area contributed by atoms with E-state index in [-0.39, 0.29) is 12.0 Å². The molecule has 0 aromatic heterocycles. The standard InChI is InChI=1S/C27H38NO7/c1-17-14-20(16-21(30-4)25(17)32-6)24-23-19(15-22(31-5)26(33-7)27(23)34-8)10-12-28(24,3)11-9-13-35-18(2)29/h14-16,24H,9-13H2,1-8H3/q+1. The summed E-state index contributed by atoms with van der Waals surface area (Å²) in [4.78, 5) is 11.3. The molecule has 0 radical (unpaired) electrons. The number of ether oxygens (including phenoxy) is 6. The van der Waals surface area contributed by atoms with Crippen molar-refractivity contribution in [1.29, 1.82) is 0 Å². The monoisotopic (exact) mass is 488 g/mol. The molecule has 2 atom stereocenters. The predicted octanol–water partition coefficient (Wildman–Crippen LogP) is 4.08. The molecule has 35 heavy (non-hydrogen) atoms. The molecule has 0 saturated heterocycles. The van der Waals surface area contributed by atoms with Crippen molar-refractivity contribution in [3.05, 3.63) is 40.5 Å². The van der Waals surface area contributed by atoms with E-state index in [9.17, 15) is 4.79 Å². The van der Waals surface area contributed by atoms with Crippen molar-refractivity contribution in [3.8, 4) is 28.7 Å². The number of aryl methyl sites for hydroxylation is 1. The van der Waals surface area contributed by atoms with E-state index >= 15 is 0 Å². The van der Waals surface area contributed by atoms with E-state index < -0.39 is 0 Å². The molecule has 0 fully saturated rings. The van der Waals surface area contributed by atoms with Crippen LogP contribution in [0.4, 0.5) is 0 Å². The van der Waals surface area contributed by atoms with Gasteiger partial charge in [-0.2, -0.15) is 0 Å². The highest BCUT2D eigenvalue weighted by molar-refractivity contribution is 5.65. The Kier molecular flexibility index (Phi) is 8.38. The number of hydrogen-bond donors (Lipinski definition) is 0. The van der Waals surface area contributed by atoms with Crippen LogP contribution in [0.15, 0.2) is 18.2 Å². The van der Waals surface area contributed by atoms with Crippen molar-refractivity contribution in [2.75, 3.05) is 62.3 Å². The number of fused-ring (bicyclic) bond motifs is 1. The van der Waals surface area contributed by atoms with Crippen LogP contribution in [-0.4, -0.2) is 72.7 Å². The van der Waals surface area contributed by atoms with Gasteiger partial charge in [-0.15, -0.1) is 0 Å². The van der Waals surface area contributed by atoms with Gasteiger partial charge in [-0.3, -0.25) is 4.79 Å². The summed E-state index contributed by atoms with van der Waals surface area (Å²) in [6.07, 6.45) is 1.59. The minimum absolute atomic E-state index is 0.0793. The fraction of sp³-hybridized carbons (Fsp3) is 0.519. The van der Waals surface area contributed by atoms with Crippen molar-refractivity contribution < 1.29 is 37.7 Å². The van der Waals surface area contributed by atoms with Crippen LogP contribution in [0.3, 0.4) is 0 Å². The van der Waals surface area contributed by atoms with Gasteiger partial charge in [0.15, 0.2) is 23.0 Å². The largest absolute Gasteiger partial charge is 0.493 e. The van der Waals surface area contributed by atoms with Crippen LogP contribution in [0.1, 0.15) is 41.6 Å². The molecule has 8 heteroatoms. The SMILES string of the molecule is COc1cc(C2c3c(cc(OC)c(OC)c3OC)CC[N+]2(C)CCCOC(C)=O)cc(C)c1OC. The normalized spacial score (nSPS) is 18.9. The molecule has 0 saturated carbocycles. The van der Waals surface area contributed by atoms with E-state index in [2.05, 4.69) is 19.2 Å². The number of nitrogens with zero attached hydrogens (tertiary/aromatic N) is 1. The molecular formula is C27H38NO7+. The third-order valence-corrected chi connectivity index (χ3v) is 6.86. The quantitative estimate of drug-likeness (QED) is 0.283. The van der Waals surface area contributed by atoms with Gasteiger partial charge in [0.1, 0.15) is 6.04 Å². The molecule has 1 heterocycles. The van der Waals surface area contributed by atoms with E-state index in [4.69, 9.17) is 28.4 Å². The number of benzene rings is 2. The second-order valence-corrected chi connectivity index (χ2v) is 9.06. The number of rotatable bonds is 10. The zero-order valence-electron chi connectivity index (χ0n) is 22.1. The van der Waals surface area contributed by atoms with E-state index in [1.54, 1.807) is 35.5 Å². The number of likely N-dealkylation sites (N-methyl/N-ethyl adjacent to an activating group) is 1. The Hall–Kier alpha value is -3.13. The number of carbonyl (C=O) groups is 1. The van der Waals surface area contributed by atoms with E-state index in [1.807, 2.05) is 13.0 Å². The van der Waals surface area contributed by atoms with Gasteiger partial charge in [0.2, 0.25) is 5.75 Å². The lowest BCUT2D eigenvalue weighted by molar-refractivity contribution is -0.935. The molecule has 8 nitrogen and oxygen atoms in total. The van der Waals surface area contributed by atoms with Crippen LogP contribution in [0.2, 0.25) is 0 Å². The zero-order valence-corrected chi connectivity index (χ0v) is 22.1. The zero-order chi connectivity index (χ0) is 25.8. The maximum absolute atomic E-state index is 11.3.